The third-order valence-corrected chi connectivity index (χ3v) is 2.09. The molecule has 1 atom stereocenters. The van der Waals surface area contributed by atoms with Crippen molar-refractivity contribution in [1.82, 2.24) is 0 Å². The summed E-state index contributed by atoms with van der Waals surface area (Å²) in [5.74, 6) is 0. The van der Waals surface area contributed by atoms with Crippen LogP contribution in [0.25, 0.3) is 0 Å². The van der Waals surface area contributed by atoms with Crippen LogP contribution in [-0.2, 0) is 0 Å². The lowest BCUT2D eigenvalue weighted by Crippen LogP contribution is -2.08. The maximum atomic E-state index is 5.92. The normalized spacial score (nSPS) is 11.9. The van der Waals surface area contributed by atoms with Crippen molar-refractivity contribution >= 4 is 24.0 Å². The molecule has 2 N–H and O–H groups in total. The fourth-order valence-electron chi connectivity index (χ4n) is 0.996. The Balaban J connectivity index is 0.00000121. The van der Waals surface area contributed by atoms with Crippen LogP contribution >= 0.6 is 24.0 Å². The van der Waals surface area contributed by atoms with Crippen LogP contribution in [-0.4, -0.2) is 0 Å². The molecular formula is C9H13Cl2N. The smallest absolute Gasteiger partial charge is 0.0453 e. The third-order valence-electron chi connectivity index (χ3n) is 1.74. The van der Waals surface area contributed by atoms with E-state index in [0.717, 1.165) is 17.0 Å². The third kappa shape index (κ3) is 2.67. The summed E-state index contributed by atoms with van der Waals surface area (Å²) in [5, 5.41) is 0.766. The Labute approximate surface area is 84.3 Å². The molecule has 3 heteroatoms. The van der Waals surface area contributed by atoms with Gasteiger partial charge in [0.1, 0.15) is 0 Å². The van der Waals surface area contributed by atoms with Crippen molar-refractivity contribution in [1.29, 1.82) is 0 Å². The van der Waals surface area contributed by atoms with Gasteiger partial charge in [-0.05, 0) is 18.1 Å². The largest absolute Gasteiger partial charge is 0.324 e. The first-order valence-electron chi connectivity index (χ1n) is 3.75. The van der Waals surface area contributed by atoms with E-state index in [2.05, 4.69) is 0 Å². The van der Waals surface area contributed by atoms with E-state index in [1.807, 2.05) is 31.2 Å². The van der Waals surface area contributed by atoms with E-state index >= 15 is 0 Å². The van der Waals surface area contributed by atoms with Gasteiger partial charge in [-0.25, -0.2) is 0 Å². The Kier molecular flexibility index (Phi) is 5.31. The summed E-state index contributed by atoms with van der Waals surface area (Å²) in [6, 6.07) is 7.78. The van der Waals surface area contributed by atoms with Crippen LogP contribution in [0.5, 0.6) is 0 Å². The lowest BCUT2D eigenvalue weighted by molar-refractivity contribution is 0.699. The first-order chi connectivity index (χ1) is 5.25. The van der Waals surface area contributed by atoms with Gasteiger partial charge in [0.15, 0.2) is 0 Å². The quantitative estimate of drug-likeness (QED) is 0.790. The van der Waals surface area contributed by atoms with Crippen molar-refractivity contribution in [3.05, 3.63) is 34.9 Å². The Morgan fingerprint density at radius 2 is 2.00 bits per heavy atom. The van der Waals surface area contributed by atoms with Crippen molar-refractivity contribution < 1.29 is 0 Å². The molecule has 0 saturated carbocycles. The van der Waals surface area contributed by atoms with Gasteiger partial charge in [-0.15, -0.1) is 12.4 Å². The Bertz CT molecular complexity index is 238. The molecule has 0 amide bonds. The van der Waals surface area contributed by atoms with Gasteiger partial charge in [-0.1, -0.05) is 36.7 Å². The van der Waals surface area contributed by atoms with E-state index in [4.69, 9.17) is 17.3 Å². The van der Waals surface area contributed by atoms with Crippen LogP contribution < -0.4 is 5.73 Å². The first-order valence-corrected chi connectivity index (χ1v) is 4.13. The highest BCUT2D eigenvalue weighted by Gasteiger charge is 2.05. The first kappa shape index (κ1) is 11.8. The van der Waals surface area contributed by atoms with Gasteiger partial charge in [-0.2, -0.15) is 0 Å². The fraction of sp³-hybridized carbons (Fsp3) is 0.333. The van der Waals surface area contributed by atoms with Gasteiger partial charge in [0.05, 0.1) is 0 Å². The molecule has 0 fully saturated rings. The zero-order valence-electron chi connectivity index (χ0n) is 6.96. The molecular weight excluding hydrogens is 193 g/mol. The summed E-state index contributed by atoms with van der Waals surface area (Å²) >= 11 is 5.92. The average molecular weight is 206 g/mol. The molecule has 0 saturated heterocycles. The summed E-state index contributed by atoms with van der Waals surface area (Å²) in [7, 11) is 0. The van der Waals surface area contributed by atoms with E-state index in [-0.39, 0.29) is 18.4 Å². The monoisotopic (exact) mass is 205 g/mol. The van der Waals surface area contributed by atoms with E-state index in [9.17, 15) is 0 Å². The van der Waals surface area contributed by atoms with Crippen LogP contribution in [0.15, 0.2) is 24.3 Å². The van der Waals surface area contributed by atoms with Crippen molar-refractivity contribution in [2.45, 2.75) is 19.4 Å². The summed E-state index contributed by atoms with van der Waals surface area (Å²) in [4.78, 5) is 0. The number of halogens is 2. The zero-order valence-corrected chi connectivity index (χ0v) is 8.53. The van der Waals surface area contributed by atoms with Gasteiger partial charge in [0.25, 0.3) is 0 Å². The molecule has 0 spiro atoms. The SMILES string of the molecule is CC[C@@H](N)c1ccccc1Cl.Cl. The van der Waals surface area contributed by atoms with Gasteiger partial charge in [0, 0.05) is 11.1 Å². The molecule has 0 radical (unpaired) electrons. The van der Waals surface area contributed by atoms with Crippen molar-refractivity contribution in [2.75, 3.05) is 0 Å². The minimum Gasteiger partial charge on any atom is -0.324 e. The number of hydrogen-bond acceptors (Lipinski definition) is 1. The van der Waals surface area contributed by atoms with Gasteiger partial charge in [-0.3, -0.25) is 0 Å². The highest BCUT2D eigenvalue weighted by Crippen LogP contribution is 2.22. The molecule has 0 unspecified atom stereocenters. The molecule has 68 valence electrons. The van der Waals surface area contributed by atoms with E-state index in [1.54, 1.807) is 0 Å². The molecule has 1 nitrogen and oxygen atoms in total. The van der Waals surface area contributed by atoms with E-state index in [1.165, 1.54) is 0 Å². The lowest BCUT2D eigenvalue weighted by Gasteiger charge is -2.09. The second kappa shape index (κ2) is 5.41. The second-order valence-electron chi connectivity index (χ2n) is 2.54. The van der Waals surface area contributed by atoms with Gasteiger partial charge in [0.2, 0.25) is 0 Å². The molecule has 0 aliphatic rings. The minimum absolute atomic E-state index is 0. The topological polar surface area (TPSA) is 26.0 Å². The number of nitrogens with two attached hydrogens (primary N) is 1. The second-order valence-corrected chi connectivity index (χ2v) is 2.94. The van der Waals surface area contributed by atoms with Crippen molar-refractivity contribution in [3.63, 3.8) is 0 Å². The number of hydrogen-bond donors (Lipinski definition) is 1. The van der Waals surface area contributed by atoms with Crippen LogP contribution in [0, 0.1) is 0 Å². The maximum Gasteiger partial charge on any atom is 0.0453 e. The summed E-state index contributed by atoms with van der Waals surface area (Å²) < 4.78 is 0. The number of rotatable bonds is 2. The molecule has 1 rings (SSSR count). The molecule has 0 bridgehead atoms. The predicted octanol–water partition coefficient (Wildman–Crippen LogP) is 3.17. The van der Waals surface area contributed by atoms with Gasteiger partial charge >= 0.3 is 0 Å². The van der Waals surface area contributed by atoms with Crippen LogP contribution in [0.3, 0.4) is 0 Å². The van der Waals surface area contributed by atoms with E-state index in [0.29, 0.717) is 0 Å². The van der Waals surface area contributed by atoms with Crippen molar-refractivity contribution in [2.24, 2.45) is 5.73 Å². The molecule has 1 aromatic rings. The van der Waals surface area contributed by atoms with E-state index < -0.39 is 0 Å². The predicted molar refractivity (Wildman–Crippen MR) is 55.9 cm³/mol. The highest BCUT2D eigenvalue weighted by atomic mass is 35.5. The average Bonchev–Trinajstić information content (AvgIpc) is 2.04. The summed E-state index contributed by atoms with van der Waals surface area (Å²) in [6.07, 6.45) is 0.920. The molecule has 0 heterocycles. The lowest BCUT2D eigenvalue weighted by atomic mass is 10.1. The summed E-state index contributed by atoms with van der Waals surface area (Å²) in [5.41, 5.74) is 6.85. The highest BCUT2D eigenvalue weighted by molar-refractivity contribution is 6.31. The van der Waals surface area contributed by atoms with Crippen LogP contribution in [0.1, 0.15) is 24.9 Å². The number of benzene rings is 1. The molecule has 0 aliphatic heterocycles. The van der Waals surface area contributed by atoms with Crippen molar-refractivity contribution in [3.8, 4) is 0 Å². The molecule has 1 aromatic carbocycles. The Morgan fingerprint density at radius 1 is 1.42 bits per heavy atom. The summed E-state index contributed by atoms with van der Waals surface area (Å²) in [6.45, 7) is 2.05. The zero-order chi connectivity index (χ0) is 8.27. The van der Waals surface area contributed by atoms with Crippen LogP contribution in [0.4, 0.5) is 0 Å². The maximum absolute atomic E-state index is 5.92. The fourth-order valence-corrected chi connectivity index (χ4v) is 1.27. The van der Waals surface area contributed by atoms with Gasteiger partial charge < -0.3 is 5.73 Å². The molecule has 0 aromatic heterocycles. The minimum atomic E-state index is 0. The Hall–Kier alpha value is -0.240. The molecule has 0 aliphatic carbocycles. The van der Waals surface area contributed by atoms with Crippen LogP contribution in [0.2, 0.25) is 5.02 Å². The Morgan fingerprint density at radius 3 is 2.50 bits per heavy atom. The molecule has 12 heavy (non-hydrogen) atoms. The standard InChI is InChI=1S/C9H12ClN.ClH/c1-2-9(11)7-5-3-4-6-8(7)10;/h3-6,9H,2,11H2,1H3;1H/t9-;/m1./s1.